The number of furan rings is 1. The quantitative estimate of drug-likeness (QED) is 0.109. The minimum Gasteiger partial charge on any atom is -0.455 e. The van der Waals surface area contributed by atoms with Crippen LogP contribution in [0.2, 0.25) is 0 Å². The zero-order valence-corrected chi connectivity index (χ0v) is 36.7. The van der Waals surface area contributed by atoms with Crippen molar-refractivity contribution in [2.75, 3.05) is 0 Å². The Morgan fingerprint density at radius 2 is 1.09 bits per heavy atom. The molecule has 2 aliphatic carbocycles. The summed E-state index contributed by atoms with van der Waals surface area (Å²) in [5.74, 6) is -2.70. The highest BCUT2D eigenvalue weighted by atomic mass is 16.3. The number of hydrogen-bond acceptors (Lipinski definition) is 5. The van der Waals surface area contributed by atoms with Gasteiger partial charge in [0.2, 0.25) is 0 Å². The summed E-state index contributed by atoms with van der Waals surface area (Å²) in [5, 5.41) is 10.6. The molecule has 5 heteroatoms. The fourth-order valence-corrected chi connectivity index (χ4v) is 9.20. The SMILES string of the molecule is [2H]c1cc2c(oc3c(-c4ccc(C([2H])([2H])C([2H])([2H])c5cc(C([2H])([2H])C([2H])([2H])c6cnc(-c7ccccc7)cc6C6([2H])CCCC6)cc(C([2H])([2H])C([2H])([2H])c6cnc(-c7ccccc7)cc6C6([2H])CCCC6)c5)cn4)cccc32)c([2H])c1C#N. The van der Waals surface area contributed by atoms with E-state index >= 15 is 0 Å². The number of rotatable bonds is 14. The number of benzene rings is 5. The van der Waals surface area contributed by atoms with Crippen LogP contribution < -0.4 is 0 Å². The maximum absolute atomic E-state index is 9.90. The monoisotopic (exact) mass is 889 g/mol. The lowest BCUT2D eigenvalue weighted by Gasteiger charge is -2.18. The lowest BCUT2D eigenvalue weighted by Crippen LogP contribution is -2.05. The summed E-state index contributed by atoms with van der Waals surface area (Å²) in [7, 11) is 0. The van der Waals surface area contributed by atoms with Gasteiger partial charge in [0.15, 0.2) is 0 Å². The molecule has 0 saturated heterocycles. The van der Waals surface area contributed by atoms with Crippen LogP contribution in [0.3, 0.4) is 0 Å². The molecule has 330 valence electrons. The van der Waals surface area contributed by atoms with Gasteiger partial charge in [-0.05, 0) is 163 Å². The maximum Gasteiger partial charge on any atom is 0.144 e. The lowest BCUT2D eigenvalue weighted by molar-refractivity contribution is 0.669. The molecule has 0 aliphatic heterocycles. The van der Waals surface area contributed by atoms with Crippen molar-refractivity contribution in [1.29, 1.82) is 5.26 Å². The number of nitriles is 1. The van der Waals surface area contributed by atoms with E-state index in [0.717, 1.165) is 24.4 Å². The van der Waals surface area contributed by atoms with Gasteiger partial charge < -0.3 is 4.42 Å². The van der Waals surface area contributed by atoms with E-state index in [9.17, 15) is 24.5 Å². The molecule has 2 aliphatic rings. The molecule has 5 aromatic carbocycles. The van der Waals surface area contributed by atoms with Crippen LogP contribution in [0.25, 0.3) is 55.7 Å². The summed E-state index contributed by atoms with van der Waals surface area (Å²) < 4.78 is 160. The number of aromatic nitrogens is 3. The number of aryl methyl sites for hydroxylation is 6. The van der Waals surface area contributed by atoms with Crippen molar-refractivity contribution in [1.82, 2.24) is 15.0 Å². The number of hydrogen-bond donors (Lipinski definition) is 0. The number of para-hydroxylation sites is 1. The molecule has 0 amide bonds. The average Bonchev–Trinajstić information content (AvgIpc) is 4.28. The Bertz CT molecular complexity index is 3870. The Kier molecular flexibility index (Phi) is 8.12. The minimum absolute atomic E-state index is 0.0806. The van der Waals surface area contributed by atoms with Crippen molar-refractivity contribution in [3.63, 3.8) is 0 Å². The van der Waals surface area contributed by atoms with Crippen molar-refractivity contribution >= 4 is 21.9 Å². The molecule has 11 rings (SSSR count). The fraction of sp³-hybridized carbons (Fsp3) is 0.258. The van der Waals surface area contributed by atoms with E-state index in [-0.39, 0.29) is 62.3 Å². The van der Waals surface area contributed by atoms with Crippen molar-refractivity contribution in [3.05, 3.63) is 208 Å². The summed E-state index contributed by atoms with van der Waals surface area (Å²) in [6.07, 6.45) is -11.4. The second-order valence-electron chi connectivity index (χ2n) is 17.0. The molecule has 5 nitrogen and oxygen atoms in total. The minimum atomic E-state index is -3.25. The normalized spacial score (nSPS) is 20.0. The van der Waals surface area contributed by atoms with Crippen LogP contribution in [0.5, 0.6) is 0 Å². The molecule has 0 bridgehead atoms. The molecule has 0 atom stereocenters. The van der Waals surface area contributed by atoms with Gasteiger partial charge >= 0.3 is 0 Å². The van der Waals surface area contributed by atoms with E-state index in [1.807, 2.05) is 66.7 Å². The Morgan fingerprint density at radius 3 is 1.63 bits per heavy atom. The van der Waals surface area contributed by atoms with Gasteiger partial charge in [-0.25, -0.2) is 0 Å². The number of fused-ring (bicyclic) bond motifs is 3. The van der Waals surface area contributed by atoms with E-state index in [1.165, 1.54) is 30.6 Å². The molecule has 0 spiro atoms. The van der Waals surface area contributed by atoms with Crippen LogP contribution in [0.4, 0.5) is 0 Å². The Labute approximate surface area is 417 Å². The number of pyridine rings is 3. The average molecular weight is 889 g/mol. The van der Waals surface area contributed by atoms with E-state index in [4.69, 9.17) is 7.16 Å². The van der Waals surface area contributed by atoms with Gasteiger partial charge in [-0.1, -0.05) is 123 Å². The van der Waals surface area contributed by atoms with Crippen LogP contribution in [0, 0.1) is 11.3 Å². The molecule has 67 heavy (non-hydrogen) atoms. The van der Waals surface area contributed by atoms with Gasteiger partial charge in [0.1, 0.15) is 11.2 Å². The molecule has 0 N–H and O–H groups in total. The van der Waals surface area contributed by atoms with E-state index < -0.39 is 66.7 Å². The number of nitrogens with zero attached hydrogens (tertiary/aromatic N) is 4. The zero-order valence-electron chi connectivity index (χ0n) is 52.7. The van der Waals surface area contributed by atoms with E-state index in [1.54, 1.807) is 30.3 Å². The van der Waals surface area contributed by atoms with Crippen molar-refractivity contribution in [2.45, 2.75) is 101 Å². The van der Waals surface area contributed by atoms with Gasteiger partial charge in [-0.15, -0.1) is 0 Å². The van der Waals surface area contributed by atoms with Crippen LogP contribution in [-0.4, -0.2) is 15.0 Å². The molecular formula is C62H56N4O. The standard InChI is InChI=1S/C62H56N4O/c63-38-46-26-30-53-54-20-11-21-55(62(54)67-61(53)35-46)58-31-27-42(39-64-58)22-23-43-32-44(24-28-51-40-65-59(49-16-3-1-4-17-49)36-56(51)47-12-7-8-13-47)34-45(33-43)25-29-52-41-66-60(50-18-5-2-6-19-50)37-57(52)48-14-9-10-15-48/h1-6,11,16-21,26-27,30-37,39-41,47-48H,7-10,12-15,22-25,28-29H2/i22D2,23D2,24D2,25D2,26D,28D2,29D2,35D,47D,48D. The first kappa shape index (κ1) is 28.1. The van der Waals surface area contributed by atoms with Crippen LogP contribution in [0.15, 0.2) is 162 Å². The Balaban J connectivity index is 1.06. The highest BCUT2D eigenvalue weighted by Crippen LogP contribution is 2.40. The van der Waals surface area contributed by atoms with Gasteiger partial charge in [0.25, 0.3) is 0 Å². The first-order chi connectivity index (χ1) is 39.2. The molecule has 4 heterocycles. The Hall–Kier alpha value is -7.16. The predicted molar refractivity (Wildman–Crippen MR) is 272 cm³/mol. The molecular weight excluding hydrogens is 817 g/mol. The molecule has 0 unspecified atom stereocenters. The molecule has 2 fully saturated rings. The molecule has 9 aromatic rings. The van der Waals surface area contributed by atoms with Gasteiger partial charge in [0, 0.05) is 65.2 Å². The van der Waals surface area contributed by atoms with Gasteiger partial charge in [-0.3, -0.25) is 15.0 Å². The summed E-state index contributed by atoms with van der Waals surface area (Å²) in [5.41, 5.74) is 0.697. The highest BCUT2D eigenvalue weighted by Gasteiger charge is 2.23. The summed E-state index contributed by atoms with van der Waals surface area (Å²) >= 11 is 0. The summed E-state index contributed by atoms with van der Waals surface area (Å²) in [4.78, 5) is 13.7. The van der Waals surface area contributed by atoms with Crippen molar-refractivity contribution < 1.29 is 26.3 Å². The molecule has 0 radical (unpaired) electrons. The van der Waals surface area contributed by atoms with Crippen LogP contribution in [0.1, 0.15) is 135 Å². The fourth-order valence-electron chi connectivity index (χ4n) is 9.20. The van der Waals surface area contributed by atoms with Crippen LogP contribution >= 0.6 is 0 Å². The largest absolute Gasteiger partial charge is 0.455 e. The third kappa shape index (κ3) is 9.32. The van der Waals surface area contributed by atoms with Gasteiger partial charge in [0.05, 0.1) is 31.5 Å². The van der Waals surface area contributed by atoms with E-state index in [0.29, 0.717) is 90.2 Å². The predicted octanol–water partition coefficient (Wildman–Crippen LogP) is 15.3. The van der Waals surface area contributed by atoms with Gasteiger partial charge in [-0.2, -0.15) is 5.26 Å². The smallest absolute Gasteiger partial charge is 0.144 e. The highest BCUT2D eigenvalue weighted by molar-refractivity contribution is 6.09. The van der Waals surface area contributed by atoms with Crippen molar-refractivity contribution in [2.24, 2.45) is 0 Å². The Morgan fingerprint density at radius 1 is 0.552 bits per heavy atom. The van der Waals surface area contributed by atoms with Crippen LogP contribution in [-0.2, 0) is 38.2 Å². The topological polar surface area (TPSA) is 75.6 Å². The summed E-state index contributed by atoms with van der Waals surface area (Å²) in [6.45, 7) is 0. The second kappa shape index (κ2) is 19.4. The first-order valence-corrected chi connectivity index (χ1v) is 22.8. The summed E-state index contributed by atoms with van der Waals surface area (Å²) in [6, 6.07) is 35.0. The zero-order chi connectivity index (χ0) is 59.3. The first-order valence-electron chi connectivity index (χ1n) is 30.8. The maximum atomic E-state index is 9.90. The molecule has 2 saturated carbocycles. The third-order valence-corrected chi connectivity index (χ3v) is 12.6. The second-order valence-corrected chi connectivity index (χ2v) is 17.0. The molecule has 4 aromatic heterocycles. The van der Waals surface area contributed by atoms with Crippen molar-refractivity contribution in [3.8, 4) is 39.8 Å². The lowest BCUT2D eigenvalue weighted by atomic mass is 9.88. The van der Waals surface area contributed by atoms with E-state index in [2.05, 4.69) is 15.0 Å². The third-order valence-electron chi connectivity index (χ3n) is 12.6.